The van der Waals surface area contributed by atoms with E-state index in [-0.39, 0.29) is 18.4 Å². The molecule has 0 aliphatic heterocycles. The van der Waals surface area contributed by atoms with Crippen molar-refractivity contribution < 1.29 is 24.2 Å². The number of nitrogens with one attached hydrogen (secondary N) is 2. The second kappa shape index (κ2) is 8.89. The number of amides is 2. The van der Waals surface area contributed by atoms with Crippen LogP contribution in [0, 0.1) is 5.92 Å². The standard InChI is InChI=1S/C16H22N2O5/c1-10(2)14(16(21)22)18-15(20)12-6-4-11(5-7-12)8-17-13(19)9-23-3/h4-7,10,14H,8-9H2,1-3H3,(H,17,19)(H,18,20)(H,21,22). The Morgan fingerprint density at radius 1 is 1.17 bits per heavy atom. The minimum atomic E-state index is -1.06. The van der Waals surface area contributed by atoms with Gasteiger partial charge in [0.15, 0.2) is 0 Å². The van der Waals surface area contributed by atoms with Gasteiger partial charge in [-0.05, 0) is 23.6 Å². The Kier molecular flexibility index (Phi) is 7.21. The van der Waals surface area contributed by atoms with Crippen LogP contribution in [0.1, 0.15) is 29.8 Å². The van der Waals surface area contributed by atoms with Gasteiger partial charge in [0.25, 0.3) is 5.91 Å². The quantitative estimate of drug-likeness (QED) is 0.656. The first kappa shape index (κ1) is 18.6. The van der Waals surface area contributed by atoms with Crippen LogP contribution < -0.4 is 10.6 Å². The van der Waals surface area contributed by atoms with Crippen molar-refractivity contribution in [1.29, 1.82) is 0 Å². The molecule has 23 heavy (non-hydrogen) atoms. The van der Waals surface area contributed by atoms with Gasteiger partial charge in [0.1, 0.15) is 12.6 Å². The van der Waals surface area contributed by atoms with E-state index in [1.54, 1.807) is 38.1 Å². The summed E-state index contributed by atoms with van der Waals surface area (Å²) in [5.74, 6) is -1.95. The summed E-state index contributed by atoms with van der Waals surface area (Å²) in [6, 6.07) is 5.65. The molecule has 0 radical (unpaired) electrons. The van der Waals surface area contributed by atoms with Crippen LogP contribution in [0.25, 0.3) is 0 Å². The maximum atomic E-state index is 12.1. The van der Waals surface area contributed by atoms with Gasteiger partial charge in [-0.1, -0.05) is 26.0 Å². The number of carbonyl (C=O) groups is 3. The lowest BCUT2D eigenvalue weighted by Crippen LogP contribution is -2.44. The second-order valence-corrected chi connectivity index (χ2v) is 5.44. The van der Waals surface area contributed by atoms with Gasteiger partial charge in [-0.3, -0.25) is 9.59 Å². The first-order valence-corrected chi connectivity index (χ1v) is 7.23. The zero-order valence-electron chi connectivity index (χ0n) is 13.5. The van der Waals surface area contributed by atoms with Crippen LogP contribution in [0.15, 0.2) is 24.3 Å². The number of carboxylic acid groups (broad SMARTS) is 1. The van der Waals surface area contributed by atoms with E-state index in [9.17, 15) is 14.4 Å². The molecule has 0 heterocycles. The average Bonchev–Trinajstić information content (AvgIpc) is 2.50. The Morgan fingerprint density at radius 3 is 2.26 bits per heavy atom. The number of benzene rings is 1. The molecule has 0 fully saturated rings. The van der Waals surface area contributed by atoms with Crippen molar-refractivity contribution in [1.82, 2.24) is 10.6 Å². The SMILES string of the molecule is COCC(=O)NCc1ccc(C(=O)NC(C(=O)O)C(C)C)cc1. The van der Waals surface area contributed by atoms with Crippen molar-refractivity contribution >= 4 is 17.8 Å². The lowest BCUT2D eigenvalue weighted by atomic mass is 10.0. The third-order valence-corrected chi connectivity index (χ3v) is 3.20. The topological polar surface area (TPSA) is 105 Å². The molecule has 1 atom stereocenters. The lowest BCUT2D eigenvalue weighted by Gasteiger charge is -2.18. The van der Waals surface area contributed by atoms with E-state index < -0.39 is 17.9 Å². The summed E-state index contributed by atoms with van der Waals surface area (Å²) in [6.07, 6.45) is 0. The highest BCUT2D eigenvalue weighted by Gasteiger charge is 2.23. The molecule has 3 N–H and O–H groups in total. The van der Waals surface area contributed by atoms with Gasteiger partial charge in [-0.2, -0.15) is 0 Å². The van der Waals surface area contributed by atoms with Crippen molar-refractivity contribution in [3.05, 3.63) is 35.4 Å². The summed E-state index contributed by atoms with van der Waals surface area (Å²) in [7, 11) is 1.44. The van der Waals surface area contributed by atoms with Gasteiger partial charge >= 0.3 is 5.97 Å². The predicted molar refractivity (Wildman–Crippen MR) is 83.9 cm³/mol. The average molecular weight is 322 g/mol. The van der Waals surface area contributed by atoms with Crippen molar-refractivity contribution in [3.63, 3.8) is 0 Å². The van der Waals surface area contributed by atoms with Crippen LogP contribution in [0.5, 0.6) is 0 Å². The number of ether oxygens (including phenoxy) is 1. The van der Waals surface area contributed by atoms with Crippen molar-refractivity contribution in [2.24, 2.45) is 5.92 Å². The Balaban J connectivity index is 2.63. The Bertz CT molecular complexity index is 554. The van der Waals surface area contributed by atoms with Gasteiger partial charge in [0.2, 0.25) is 5.91 Å². The fraction of sp³-hybridized carbons (Fsp3) is 0.438. The van der Waals surface area contributed by atoms with Gasteiger partial charge in [-0.15, -0.1) is 0 Å². The van der Waals surface area contributed by atoms with E-state index >= 15 is 0 Å². The fourth-order valence-corrected chi connectivity index (χ4v) is 1.89. The van der Waals surface area contributed by atoms with Crippen molar-refractivity contribution in [2.45, 2.75) is 26.4 Å². The first-order chi connectivity index (χ1) is 10.8. The van der Waals surface area contributed by atoms with Crippen molar-refractivity contribution in [2.75, 3.05) is 13.7 Å². The molecule has 0 aliphatic rings. The van der Waals surface area contributed by atoms with E-state index in [1.807, 2.05) is 0 Å². The fourth-order valence-electron chi connectivity index (χ4n) is 1.89. The van der Waals surface area contributed by atoms with E-state index in [0.29, 0.717) is 12.1 Å². The summed E-state index contributed by atoms with van der Waals surface area (Å²) in [4.78, 5) is 34.4. The van der Waals surface area contributed by atoms with Gasteiger partial charge in [0.05, 0.1) is 0 Å². The number of aliphatic carboxylic acids is 1. The number of carbonyl (C=O) groups excluding carboxylic acids is 2. The second-order valence-electron chi connectivity index (χ2n) is 5.44. The number of hydrogen-bond donors (Lipinski definition) is 3. The monoisotopic (exact) mass is 322 g/mol. The highest BCUT2D eigenvalue weighted by Crippen LogP contribution is 2.07. The van der Waals surface area contributed by atoms with Crippen LogP contribution in [-0.4, -0.2) is 42.6 Å². The predicted octanol–water partition coefficient (Wildman–Crippen LogP) is 0.788. The summed E-state index contributed by atoms with van der Waals surface area (Å²) in [6.45, 7) is 3.77. The molecule has 1 rings (SSSR count). The molecule has 0 saturated carbocycles. The zero-order chi connectivity index (χ0) is 17.4. The largest absolute Gasteiger partial charge is 0.480 e. The maximum absolute atomic E-state index is 12.1. The van der Waals surface area contributed by atoms with Crippen molar-refractivity contribution in [3.8, 4) is 0 Å². The van der Waals surface area contributed by atoms with Crippen LogP contribution in [0.2, 0.25) is 0 Å². The van der Waals surface area contributed by atoms with Crippen LogP contribution >= 0.6 is 0 Å². The Morgan fingerprint density at radius 2 is 1.78 bits per heavy atom. The lowest BCUT2D eigenvalue weighted by molar-refractivity contribution is -0.140. The van der Waals surface area contributed by atoms with E-state index in [4.69, 9.17) is 9.84 Å². The molecule has 7 nitrogen and oxygen atoms in total. The molecule has 1 aromatic rings. The smallest absolute Gasteiger partial charge is 0.326 e. The molecule has 0 aromatic heterocycles. The molecular formula is C16H22N2O5. The molecule has 2 amide bonds. The van der Waals surface area contributed by atoms with Crippen LogP contribution in [0.4, 0.5) is 0 Å². The highest BCUT2D eigenvalue weighted by molar-refractivity contribution is 5.96. The number of methoxy groups -OCH3 is 1. The molecule has 0 aliphatic carbocycles. The molecule has 126 valence electrons. The van der Waals surface area contributed by atoms with Gasteiger partial charge in [-0.25, -0.2) is 4.79 Å². The molecule has 0 spiro atoms. The highest BCUT2D eigenvalue weighted by atomic mass is 16.5. The normalized spacial score (nSPS) is 11.8. The number of hydrogen-bond acceptors (Lipinski definition) is 4. The molecule has 0 bridgehead atoms. The summed E-state index contributed by atoms with van der Waals surface area (Å²) < 4.78 is 4.71. The number of carboxylic acids is 1. The minimum Gasteiger partial charge on any atom is -0.480 e. The van der Waals surface area contributed by atoms with Gasteiger partial charge < -0.3 is 20.5 Å². The third-order valence-electron chi connectivity index (χ3n) is 3.20. The molecule has 1 aromatic carbocycles. The first-order valence-electron chi connectivity index (χ1n) is 7.23. The van der Waals surface area contributed by atoms with Crippen LogP contribution in [0.3, 0.4) is 0 Å². The molecule has 1 unspecified atom stereocenters. The molecule has 0 saturated heterocycles. The molecular weight excluding hydrogens is 300 g/mol. The summed E-state index contributed by atoms with van der Waals surface area (Å²) >= 11 is 0. The van der Waals surface area contributed by atoms with Crippen LogP contribution in [-0.2, 0) is 20.9 Å². The van der Waals surface area contributed by atoms with Gasteiger partial charge in [0, 0.05) is 19.2 Å². The van der Waals surface area contributed by atoms with E-state index in [0.717, 1.165) is 5.56 Å². The Hall–Kier alpha value is -2.41. The Labute approximate surface area is 135 Å². The number of rotatable bonds is 8. The summed E-state index contributed by atoms with van der Waals surface area (Å²) in [5, 5.41) is 14.2. The van der Waals surface area contributed by atoms with E-state index in [2.05, 4.69) is 10.6 Å². The maximum Gasteiger partial charge on any atom is 0.326 e. The molecule has 7 heteroatoms. The third kappa shape index (κ3) is 6.07. The minimum absolute atomic E-state index is 0.00767. The van der Waals surface area contributed by atoms with E-state index in [1.165, 1.54) is 7.11 Å². The summed E-state index contributed by atoms with van der Waals surface area (Å²) in [5.41, 5.74) is 1.19. The zero-order valence-corrected chi connectivity index (χ0v) is 13.5.